The zero-order valence-electron chi connectivity index (χ0n) is 8.74. The predicted octanol–water partition coefficient (Wildman–Crippen LogP) is 0.548. The third-order valence-corrected chi connectivity index (χ3v) is 1.71. The van der Waals surface area contributed by atoms with Crippen LogP contribution in [-0.2, 0) is 14.3 Å². The highest BCUT2D eigenvalue weighted by atomic mass is 16.6. The fraction of sp³-hybridized carbons (Fsp3) is 0.889. The molecule has 0 aromatic heterocycles. The highest BCUT2D eigenvalue weighted by Gasteiger charge is 2.20. The Morgan fingerprint density at radius 1 is 1.38 bits per heavy atom. The third kappa shape index (κ3) is 4.85. The minimum atomic E-state index is -0.542. The molecule has 13 heavy (non-hydrogen) atoms. The second kappa shape index (κ2) is 5.94. The van der Waals surface area contributed by atoms with Crippen LogP contribution < -0.4 is 5.73 Å². The molecule has 0 amide bonds. The van der Waals surface area contributed by atoms with Crippen LogP contribution in [0.5, 0.6) is 0 Å². The van der Waals surface area contributed by atoms with Gasteiger partial charge in [-0.3, -0.25) is 4.79 Å². The van der Waals surface area contributed by atoms with E-state index >= 15 is 0 Å². The monoisotopic (exact) mass is 189 g/mol. The third-order valence-electron chi connectivity index (χ3n) is 1.71. The Bertz CT molecular complexity index is 159. The number of rotatable bonds is 5. The van der Waals surface area contributed by atoms with Gasteiger partial charge >= 0.3 is 5.97 Å². The number of hydrogen-bond acceptors (Lipinski definition) is 4. The highest BCUT2D eigenvalue weighted by molar-refractivity contribution is 5.75. The maximum atomic E-state index is 11.3. The number of esters is 1. The van der Waals surface area contributed by atoms with E-state index in [4.69, 9.17) is 15.2 Å². The van der Waals surface area contributed by atoms with Crippen LogP contribution in [-0.4, -0.2) is 31.8 Å². The Balaban J connectivity index is 3.85. The van der Waals surface area contributed by atoms with Gasteiger partial charge in [0, 0.05) is 7.11 Å². The summed E-state index contributed by atoms with van der Waals surface area (Å²) in [5.41, 5.74) is 5.59. The van der Waals surface area contributed by atoms with Crippen molar-refractivity contribution in [3.63, 3.8) is 0 Å². The first-order valence-electron chi connectivity index (χ1n) is 4.44. The second-order valence-electron chi connectivity index (χ2n) is 3.47. The molecule has 0 aliphatic rings. The summed E-state index contributed by atoms with van der Waals surface area (Å²) in [6.07, 6.45) is -0.234. The quantitative estimate of drug-likeness (QED) is 0.641. The minimum absolute atomic E-state index is 0.0993. The molecule has 0 bridgehead atoms. The lowest BCUT2D eigenvalue weighted by Gasteiger charge is -2.18. The van der Waals surface area contributed by atoms with Crippen LogP contribution in [0.2, 0.25) is 0 Å². The van der Waals surface area contributed by atoms with E-state index in [9.17, 15) is 4.79 Å². The molecule has 0 heterocycles. The predicted molar refractivity (Wildman–Crippen MR) is 50.2 cm³/mol. The van der Waals surface area contributed by atoms with Gasteiger partial charge in [0.05, 0.1) is 6.61 Å². The molecule has 0 aromatic rings. The molecule has 2 N–H and O–H groups in total. The van der Waals surface area contributed by atoms with Crippen molar-refractivity contribution in [1.82, 2.24) is 0 Å². The van der Waals surface area contributed by atoms with Crippen molar-refractivity contribution in [1.29, 1.82) is 0 Å². The highest BCUT2D eigenvalue weighted by Crippen LogP contribution is 2.02. The van der Waals surface area contributed by atoms with Crippen molar-refractivity contribution in [2.75, 3.05) is 13.7 Å². The smallest absolute Gasteiger partial charge is 0.323 e. The Morgan fingerprint density at radius 2 is 1.92 bits per heavy atom. The van der Waals surface area contributed by atoms with Gasteiger partial charge in [0.2, 0.25) is 0 Å². The molecule has 0 saturated carbocycles. The number of hydrogen-bond donors (Lipinski definition) is 1. The van der Waals surface area contributed by atoms with Crippen LogP contribution in [0, 0.1) is 5.92 Å². The zero-order chi connectivity index (χ0) is 10.4. The van der Waals surface area contributed by atoms with Crippen molar-refractivity contribution in [3.8, 4) is 0 Å². The second-order valence-corrected chi connectivity index (χ2v) is 3.47. The molecule has 0 aliphatic carbocycles. The fourth-order valence-electron chi connectivity index (χ4n) is 0.818. The Hall–Kier alpha value is -0.610. The van der Waals surface area contributed by atoms with Crippen molar-refractivity contribution in [2.24, 2.45) is 11.7 Å². The fourth-order valence-corrected chi connectivity index (χ4v) is 0.818. The van der Waals surface area contributed by atoms with Crippen LogP contribution >= 0.6 is 0 Å². The van der Waals surface area contributed by atoms with Crippen LogP contribution in [0.15, 0.2) is 0 Å². The first kappa shape index (κ1) is 12.4. The standard InChI is InChI=1S/C9H19NO3/c1-6(2)8(10)9(11)13-7(3)5-12-4/h6-8H,5,10H2,1-4H3/t7?,8-/m0/s1. The largest absolute Gasteiger partial charge is 0.459 e. The molecule has 2 atom stereocenters. The first-order valence-corrected chi connectivity index (χ1v) is 4.44. The van der Waals surface area contributed by atoms with Crippen LogP contribution in [0.3, 0.4) is 0 Å². The summed E-state index contributed by atoms with van der Waals surface area (Å²) in [6.45, 7) is 5.94. The Labute approximate surface area is 79.4 Å². The van der Waals surface area contributed by atoms with Gasteiger partial charge < -0.3 is 15.2 Å². The molecule has 0 radical (unpaired) electrons. The van der Waals surface area contributed by atoms with Crippen molar-refractivity contribution in [3.05, 3.63) is 0 Å². The summed E-state index contributed by atoms with van der Waals surface area (Å²) in [7, 11) is 1.56. The van der Waals surface area contributed by atoms with Crippen LogP contribution in [0.1, 0.15) is 20.8 Å². The van der Waals surface area contributed by atoms with Gasteiger partial charge in [-0.05, 0) is 12.8 Å². The molecule has 0 aliphatic heterocycles. The van der Waals surface area contributed by atoms with Gasteiger partial charge in [-0.25, -0.2) is 0 Å². The van der Waals surface area contributed by atoms with E-state index in [1.54, 1.807) is 14.0 Å². The van der Waals surface area contributed by atoms with Crippen molar-refractivity contribution in [2.45, 2.75) is 32.9 Å². The molecule has 4 heteroatoms. The molecule has 0 fully saturated rings. The average Bonchev–Trinajstić information content (AvgIpc) is 2.03. The lowest BCUT2D eigenvalue weighted by Crippen LogP contribution is -2.39. The minimum Gasteiger partial charge on any atom is -0.459 e. The van der Waals surface area contributed by atoms with Gasteiger partial charge in [-0.1, -0.05) is 13.8 Å². The lowest BCUT2D eigenvalue weighted by molar-refractivity contribution is -0.153. The molecule has 0 saturated heterocycles. The van der Waals surface area contributed by atoms with Crippen molar-refractivity contribution < 1.29 is 14.3 Å². The van der Waals surface area contributed by atoms with E-state index in [1.807, 2.05) is 13.8 Å². The van der Waals surface area contributed by atoms with Gasteiger partial charge in [0.15, 0.2) is 0 Å². The van der Waals surface area contributed by atoms with E-state index in [1.165, 1.54) is 0 Å². The molecule has 1 unspecified atom stereocenters. The number of ether oxygens (including phenoxy) is 2. The summed E-state index contributed by atoms with van der Waals surface area (Å²) in [4.78, 5) is 11.3. The van der Waals surface area contributed by atoms with Crippen LogP contribution in [0.25, 0.3) is 0 Å². The Kier molecular flexibility index (Phi) is 5.66. The summed E-state index contributed by atoms with van der Waals surface area (Å²) in [5.74, 6) is -0.262. The number of nitrogens with two attached hydrogens (primary N) is 1. The number of methoxy groups -OCH3 is 1. The molecule has 78 valence electrons. The summed E-state index contributed by atoms with van der Waals surface area (Å²) in [6, 6.07) is -0.542. The summed E-state index contributed by atoms with van der Waals surface area (Å²) in [5, 5.41) is 0. The summed E-state index contributed by atoms with van der Waals surface area (Å²) < 4.78 is 9.85. The SMILES string of the molecule is COCC(C)OC(=O)[C@@H](N)C(C)C. The number of carbonyl (C=O) groups excluding carboxylic acids is 1. The topological polar surface area (TPSA) is 61.5 Å². The van der Waals surface area contributed by atoms with E-state index in [0.717, 1.165) is 0 Å². The van der Waals surface area contributed by atoms with E-state index in [0.29, 0.717) is 6.61 Å². The average molecular weight is 189 g/mol. The molecular weight excluding hydrogens is 170 g/mol. The van der Waals surface area contributed by atoms with E-state index in [-0.39, 0.29) is 18.0 Å². The van der Waals surface area contributed by atoms with Crippen molar-refractivity contribution >= 4 is 5.97 Å². The maximum Gasteiger partial charge on any atom is 0.323 e. The molecular formula is C9H19NO3. The summed E-state index contributed by atoms with van der Waals surface area (Å²) >= 11 is 0. The van der Waals surface area contributed by atoms with E-state index in [2.05, 4.69) is 0 Å². The Morgan fingerprint density at radius 3 is 2.31 bits per heavy atom. The lowest BCUT2D eigenvalue weighted by atomic mass is 10.1. The normalized spacial score (nSPS) is 15.5. The van der Waals surface area contributed by atoms with Gasteiger partial charge in [-0.15, -0.1) is 0 Å². The van der Waals surface area contributed by atoms with Crippen LogP contribution in [0.4, 0.5) is 0 Å². The molecule has 4 nitrogen and oxygen atoms in total. The maximum absolute atomic E-state index is 11.3. The van der Waals surface area contributed by atoms with E-state index < -0.39 is 6.04 Å². The number of carbonyl (C=O) groups is 1. The first-order chi connectivity index (χ1) is 5.99. The van der Waals surface area contributed by atoms with Gasteiger partial charge in [0.25, 0.3) is 0 Å². The van der Waals surface area contributed by atoms with Gasteiger partial charge in [0.1, 0.15) is 12.1 Å². The van der Waals surface area contributed by atoms with Gasteiger partial charge in [-0.2, -0.15) is 0 Å². The zero-order valence-corrected chi connectivity index (χ0v) is 8.74. The molecule has 0 spiro atoms. The molecule has 0 aromatic carbocycles. The molecule has 0 rings (SSSR count).